The van der Waals surface area contributed by atoms with E-state index in [2.05, 4.69) is 31.6 Å². The van der Waals surface area contributed by atoms with Gasteiger partial charge in [0.05, 0.1) is 24.9 Å². The van der Waals surface area contributed by atoms with Gasteiger partial charge in [-0.25, -0.2) is 9.97 Å². The summed E-state index contributed by atoms with van der Waals surface area (Å²) in [6, 6.07) is 13.7. The molecule has 4 rings (SSSR count). The van der Waals surface area contributed by atoms with Gasteiger partial charge in [-0.2, -0.15) is 5.26 Å². The molecule has 1 atom stereocenters. The summed E-state index contributed by atoms with van der Waals surface area (Å²) >= 11 is 1.36. The summed E-state index contributed by atoms with van der Waals surface area (Å²) in [6.45, 7) is 2.63. The Morgan fingerprint density at radius 3 is 3.03 bits per heavy atom. The first-order valence-electron chi connectivity index (χ1n) is 10.2. The van der Waals surface area contributed by atoms with Crippen LogP contribution < -0.4 is 10.6 Å². The Morgan fingerprint density at radius 1 is 1.26 bits per heavy atom. The third-order valence-corrected chi connectivity index (χ3v) is 5.87. The van der Waals surface area contributed by atoms with Gasteiger partial charge in [-0.3, -0.25) is 14.7 Å². The van der Waals surface area contributed by atoms with Crippen LogP contribution in [0.1, 0.15) is 40.6 Å². The first-order valence-corrected chi connectivity index (χ1v) is 11.1. The Labute approximate surface area is 185 Å². The first-order chi connectivity index (χ1) is 15.2. The third-order valence-electron chi connectivity index (χ3n) is 5.12. The van der Waals surface area contributed by atoms with Crippen molar-refractivity contribution in [1.82, 2.24) is 25.2 Å². The highest BCUT2D eigenvalue weighted by Crippen LogP contribution is 2.27. The second-order valence-electron chi connectivity index (χ2n) is 7.35. The molecule has 4 heterocycles. The summed E-state index contributed by atoms with van der Waals surface area (Å²) in [5.74, 6) is 0.772. The quantitative estimate of drug-likeness (QED) is 0.551. The van der Waals surface area contributed by atoms with E-state index in [9.17, 15) is 4.79 Å². The number of hydrogen-bond donors (Lipinski definition) is 2. The minimum atomic E-state index is -0.239. The number of nitrogens with one attached hydrogen (secondary N) is 2. The minimum absolute atomic E-state index is 0.239. The first kappa shape index (κ1) is 20.9. The number of hydrogen-bond acceptors (Lipinski definition) is 8. The van der Waals surface area contributed by atoms with Crippen LogP contribution in [0, 0.1) is 11.3 Å². The fraction of sp³-hybridized carbons (Fsp3) is 0.318. The van der Waals surface area contributed by atoms with Gasteiger partial charge in [0.1, 0.15) is 11.5 Å². The molecule has 0 spiro atoms. The molecule has 8 nitrogen and oxygen atoms in total. The maximum atomic E-state index is 12.4. The second-order valence-corrected chi connectivity index (χ2v) is 8.20. The van der Waals surface area contributed by atoms with Crippen LogP contribution >= 0.6 is 11.3 Å². The zero-order chi connectivity index (χ0) is 21.5. The van der Waals surface area contributed by atoms with Crippen LogP contribution in [0.15, 0.2) is 48.0 Å². The molecule has 158 valence electrons. The molecule has 1 aliphatic heterocycles. The molecule has 31 heavy (non-hydrogen) atoms. The highest BCUT2D eigenvalue weighted by molar-refractivity contribution is 7.14. The Hall–Kier alpha value is -3.35. The van der Waals surface area contributed by atoms with Gasteiger partial charge in [0, 0.05) is 29.7 Å². The van der Waals surface area contributed by atoms with E-state index in [0.29, 0.717) is 35.7 Å². The molecule has 0 aromatic carbocycles. The van der Waals surface area contributed by atoms with Crippen LogP contribution in [-0.2, 0) is 6.54 Å². The fourth-order valence-electron chi connectivity index (χ4n) is 3.60. The predicted octanol–water partition coefficient (Wildman–Crippen LogP) is 3.31. The number of nitrogens with zero attached hydrogens (tertiary/aromatic N) is 5. The zero-order valence-electron chi connectivity index (χ0n) is 17.0. The monoisotopic (exact) mass is 433 g/mol. The van der Waals surface area contributed by atoms with Crippen molar-refractivity contribution in [2.24, 2.45) is 0 Å². The van der Waals surface area contributed by atoms with E-state index in [4.69, 9.17) is 10.2 Å². The number of aromatic nitrogens is 3. The van der Waals surface area contributed by atoms with E-state index < -0.39 is 0 Å². The topological polar surface area (TPSA) is 107 Å². The molecule has 0 radical (unpaired) electrons. The average Bonchev–Trinajstić information content (AvgIpc) is 3.27. The normalized spacial score (nSPS) is 16.4. The van der Waals surface area contributed by atoms with Crippen molar-refractivity contribution in [3.8, 4) is 6.07 Å². The van der Waals surface area contributed by atoms with Crippen LogP contribution in [0.5, 0.6) is 0 Å². The molecule has 0 unspecified atom stereocenters. The molecular weight excluding hydrogens is 410 g/mol. The lowest BCUT2D eigenvalue weighted by atomic mass is 9.94. The van der Waals surface area contributed by atoms with E-state index in [-0.39, 0.29) is 5.91 Å². The molecule has 3 aromatic heterocycles. The largest absolute Gasteiger partial charge is 0.345 e. The van der Waals surface area contributed by atoms with Crippen molar-refractivity contribution in [2.45, 2.75) is 25.3 Å². The number of thiazole rings is 1. The Bertz CT molecular complexity index is 1060. The molecule has 1 amide bonds. The van der Waals surface area contributed by atoms with Gasteiger partial charge in [-0.05, 0) is 43.7 Å². The van der Waals surface area contributed by atoms with E-state index >= 15 is 0 Å². The Morgan fingerprint density at radius 2 is 2.19 bits per heavy atom. The number of piperidine rings is 1. The van der Waals surface area contributed by atoms with Crippen molar-refractivity contribution < 1.29 is 4.79 Å². The van der Waals surface area contributed by atoms with Crippen LogP contribution in [0.3, 0.4) is 0 Å². The standard InChI is InChI=1S/C22H23N7OS/c23-9-12-29-11-4-5-16(14-29)18-7-3-8-20(26-18)28-22-27-19(15-31-22)21(30)25-13-17-6-1-2-10-24-17/h1-3,6-8,10,15-16H,4-5,11-14H2,(H,25,30)(H,26,27,28)/t16-/m1/s1. The summed E-state index contributed by atoms with van der Waals surface area (Å²) in [7, 11) is 0. The minimum Gasteiger partial charge on any atom is -0.345 e. The van der Waals surface area contributed by atoms with Crippen molar-refractivity contribution in [2.75, 3.05) is 25.0 Å². The molecule has 0 bridgehead atoms. The van der Waals surface area contributed by atoms with Crippen LogP contribution in [0.4, 0.5) is 10.9 Å². The SMILES string of the molecule is N#CCN1CCC[C@@H](c2cccc(Nc3nc(C(=O)NCc4ccccn4)cs3)n2)C1. The zero-order valence-corrected chi connectivity index (χ0v) is 17.8. The van der Waals surface area contributed by atoms with Crippen LogP contribution in [0.2, 0.25) is 0 Å². The number of carbonyl (C=O) groups is 1. The van der Waals surface area contributed by atoms with Crippen LogP contribution in [0.25, 0.3) is 0 Å². The van der Waals surface area contributed by atoms with Gasteiger partial charge in [-0.15, -0.1) is 11.3 Å². The molecule has 0 aliphatic carbocycles. The van der Waals surface area contributed by atoms with Crippen molar-refractivity contribution in [3.05, 3.63) is 65.1 Å². The fourth-order valence-corrected chi connectivity index (χ4v) is 4.30. The van der Waals surface area contributed by atoms with Crippen LogP contribution in [-0.4, -0.2) is 45.4 Å². The Kier molecular flexibility index (Phi) is 6.82. The van der Waals surface area contributed by atoms with E-state index in [1.165, 1.54) is 11.3 Å². The Balaban J connectivity index is 1.37. The summed E-state index contributed by atoms with van der Waals surface area (Å²) in [5.41, 5.74) is 2.16. The highest BCUT2D eigenvalue weighted by atomic mass is 32.1. The van der Waals surface area contributed by atoms with Crippen molar-refractivity contribution in [1.29, 1.82) is 5.26 Å². The number of pyridine rings is 2. The molecule has 1 aliphatic rings. The molecule has 0 saturated carbocycles. The number of anilines is 2. The van der Waals surface area contributed by atoms with Gasteiger partial charge in [0.15, 0.2) is 5.13 Å². The number of rotatable bonds is 7. The molecular formula is C22H23N7OS. The maximum absolute atomic E-state index is 12.4. The maximum Gasteiger partial charge on any atom is 0.271 e. The number of likely N-dealkylation sites (tertiary alicyclic amines) is 1. The van der Waals surface area contributed by atoms with Crippen molar-refractivity contribution in [3.63, 3.8) is 0 Å². The lowest BCUT2D eigenvalue weighted by molar-refractivity contribution is 0.0946. The number of carbonyl (C=O) groups excluding carboxylic acids is 1. The molecule has 3 aromatic rings. The second kappa shape index (κ2) is 10.1. The summed E-state index contributed by atoms with van der Waals surface area (Å²) in [4.78, 5) is 27.9. The van der Waals surface area contributed by atoms with Gasteiger partial charge in [0.2, 0.25) is 0 Å². The summed E-state index contributed by atoms with van der Waals surface area (Å²) in [6.07, 6.45) is 3.83. The van der Waals surface area contributed by atoms with Gasteiger partial charge in [-0.1, -0.05) is 12.1 Å². The molecule has 2 N–H and O–H groups in total. The van der Waals surface area contributed by atoms with Gasteiger partial charge >= 0.3 is 0 Å². The third kappa shape index (κ3) is 5.63. The molecule has 1 saturated heterocycles. The van der Waals surface area contributed by atoms with Crippen molar-refractivity contribution >= 4 is 28.2 Å². The summed E-state index contributed by atoms with van der Waals surface area (Å²) < 4.78 is 0. The smallest absolute Gasteiger partial charge is 0.271 e. The van der Waals surface area contributed by atoms with E-state index in [1.54, 1.807) is 11.6 Å². The molecule has 1 fully saturated rings. The number of nitriles is 1. The van der Waals surface area contributed by atoms with Gasteiger partial charge < -0.3 is 10.6 Å². The predicted molar refractivity (Wildman–Crippen MR) is 119 cm³/mol. The number of amides is 1. The summed E-state index contributed by atoms with van der Waals surface area (Å²) in [5, 5.41) is 17.3. The molecule has 9 heteroatoms. The van der Waals surface area contributed by atoms with E-state index in [1.807, 2.05) is 36.4 Å². The average molecular weight is 434 g/mol. The van der Waals surface area contributed by atoms with Gasteiger partial charge in [0.25, 0.3) is 5.91 Å². The lowest BCUT2D eigenvalue weighted by Crippen LogP contribution is -2.34. The lowest BCUT2D eigenvalue weighted by Gasteiger charge is -2.30. The van der Waals surface area contributed by atoms with E-state index in [0.717, 1.165) is 37.3 Å². The highest BCUT2D eigenvalue weighted by Gasteiger charge is 2.22.